The Morgan fingerprint density at radius 1 is 1.29 bits per heavy atom. The summed E-state index contributed by atoms with van der Waals surface area (Å²) in [6.45, 7) is 1.22. The SMILES string of the molecule is CC(=O)[C@H]1[C@H](c2ccccc2)C1(F)F. The summed E-state index contributed by atoms with van der Waals surface area (Å²) < 4.78 is 26.4. The zero-order valence-electron chi connectivity index (χ0n) is 7.71. The Morgan fingerprint density at radius 3 is 2.29 bits per heavy atom. The van der Waals surface area contributed by atoms with Crippen molar-refractivity contribution in [3.63, 3.8) is 0 Å². The number of carbonyl (C=O) groups excluding carboxylic acids is 1. The maximum atomic E-state index is 13.2. The highest BCUT2D eigenvalue weighted by molar-refractivity contribution is 5.85. The molecule has 0 bridgehead atoms. The monoisotopic (exact) mass is 196 g/mol. The maximum Gasteiger partial charge on any atom is 0.266 e. The van der Waals surface area contributed by atoms with Gasteiger partial charge in [0.15, 0.2) is 0 Å². The van der Waals surface area contributed by atoms with Gasteiger partial charge in [0.05, 0.1) is 11.8 Å². The maximum absolute atomic E-state index is 13.2. The van der Waals surface area contributed by atoms with Crippen LogP contribution in [0.4, 0.5) is 8.78 Å². The Kier molecular flexibility index (Phi) is 1.91. The lowest BCUT2D eigenvalue weighted by atomic mass is 10.1. The quantitative estimate of drug-likeness (QED) is 0.710. The topological polar surface area (TPSA) is 17.1 Å². The molecule has 3 heteroatoms. The fourth-order valence-corrected chi connectivity index (χ4v) is 1.91. The van der Waals surface area contributed by atoms with Crippen LogP contribution in [-0.2, 0) is 4.79 Å². The summed E-state index contributed by atoms with van der Waals surface area (Å²) in [5.74, 6) is -5.28. The van der Waals surface area contributed by atoms with Crippen molar-refractivity contribution in [2.45, 2.75) is 18.8 Å². The minimum absolute atomic E-state index is 0.427. The second-order valence-electron chi connectivity index (χ2n) is 3.65. The lowest BCUT2D eigenvalue weighted by Crippen LogP contribution is -2.01. The van der Waals surface area contributed by atoms with Gasteiger partial charge in [0.2, 0.25) is 0 Å². The average Bonchev–Trinajstić information content (AvgIpc) is 2.71. The third kappa shape index (κ3) is 1.24. The third-order valence-electron chi connectivity index (χ3n) is 2.65. The summed E-state index contributed by atoms with van der Waals surface area (Å²) in [7, 11) is 0. The molecule has 0 amide bonds. The lowest BCUT2D eigenvalue weighted by Gasteiger charge is -1.96. The Morgan fingerprint density at radius 2 is 1.86 bits per heavy atom. The summed E-state index contributed by atoms with van der Waals surface area (Å²) in [4.78, 5) is 10.9. The van der Waals surface area contributed by atoms with Crippen LogP contribution in [0.3, 0.4) is 0 Å². The molecule has 1 saturated carbocycles. The summed E-state index contributed by atoms with van der Waals surface area (Å²) in [5, 5.41) is 0. The molecular weight excluding hydrogens is 186 g/mol. The first-order valence-electron chi connectivity index (χ1n) is 4.48. The van der Waals surface area contributed by atoms with E-state index < -0.39 is 23.5 Å². The van der Waals surface area contributed by atoms with Crippen molar-refractivity contribution in [1.82, 2.24) is 0 Å². The predicted molar refractivity (Wildman–Crippen MR) is 48.3 cm³/mol. The molecule has 1 fully saturated rings. The van der Waals surface area contributed by atoms with E-state index in [-0.39, 0.29) is 0 Å². The minimum Gasteiger partial charge on any atom is -0.299 e. The van der Waals surface area contributed by atoms with Gasteiger partial charge in [-0.2, -0.15) is 0 Å². The van der Waals surface area contributed by atoms with Gasteiger partial charge in [0, 0.05) is 0 Å². The van der Waals surface area contributed by atoms with E-state index in [2.05, 4.69) is 0 Å². The second-order valence-corrected chi connectivity index (χ2v) is 3.65. The van der Waals surface area contributed by atoms with Gasteiger partial charge in [-0.25, -0.2) is 8.78 Å². The number of rotatable bonds is 2. The van der Waals surface area contributed by atoms with Gasteiger partial charge in [-0.1, -0.05) is 30.3 Å². The number of alkyl halides is 2. The van der Waals surface area contributed by atoms with Crippen molar-refractivity contribution in [3.05, 3.63) is 35.9 Å². The fourth-order valence-electron chi connectivity index (χ4n) is 1.91. The zero-order valence-corrected chi connectivity index (χ0v) is 7.71. The molecule has 0 aromatic heterocycles. The fraction of sp³-hybridized carbons (Fsp3) is 0.364. The van der Waals surface area contributed by atoms with Crippen LogP contribution in [0.5, 0.6) is 0 Å². The van der Waals surface area contributed by atoms with E-state index in [0.717, 1.165) is 0 Å². The number of benzene rings is 1. The summed E-state index contributed by atoms with van der Waals surface area (Å²) in [6.07, 6.45) is 0. The first-order valence-corrected chi connectivity index (χ1v) is 4.48. The van der Waals surface area contributed by atoms with Crippen molar-refractivity contribution in [2.75, 3.05) is 0 Å². The highest BCUT2D eigenvalue weighted by Gasteiger charge is 2.70. The number of ketones is 1. The number of carbonyl (C=O) groups is 1. The molecule has 0 spiro atoms. The van der Waals surface area contributed by atoms with Crippen molar-refractivity contribution in [2.24, 2.45) is 5.92 Å². The lowest BCUT2D eigenvalue weighted by molar-refractivity contribution is -0.120. The van der Waals surface area contributed by atoms with Crippen molar-refractivity contribution < 1.29 is 13.6 Å². The summed E-state index contributed by atoms with van der Waals surface area (Å²) in [5.41, 5.74) is 0.553. The molecule has 14 heavy (non-hydrogen) atoms. The van der Waals surface area contributed by atoms with Crippen LogP contribution in [0, 0.1) is 5.92 Å². The van der Waals surface area contributed by atoms with E-state index in [1.54, 1.807) is 30.3 Å². The molecule has 0 heterocycles. The molecule has 0 aliphatic heterocycles. The van der Waals surface area contributed by atoms with E-state index in [1.165, 1.54) is 6.92 Å². The smallest absolute Gasteiger partial charge is 0.266 e. The van der Waals surface area contributed by atoms with Crippen LogP contribution < -0.4 is 0 Å². The molecule has 1 aromatic carbocycles. The summed E-state index contributed by atoms with van der Waals surface area (Å²) in [6, 6.07) is 8.47. The van der Waals surface area contributed by atoms with E-state index in [0.29, 0.717) is 5.56 Å². The van der Waals surface area contributed by atoms with Crippen LogP contribution in [0.15, 0.2) is 30.3 Å². The van der Waals surface area contributed by atoms with E-state index in [1.807, 2.05) is 0 Å². The van der Waals surface area contributed by atoms with Crippen molar-refractivity contribution in [1.29, 1.82) is 0 Å². The Labute approximate surface area is 80.7 Å². The van der Waals surface area contributed by atoms with Gasteiger partial charge in [-0.3, -0.25) is 4.79 Å². The van der Waals surface area contributed by atoms with Crippen LogP contribution in [0.1, 0.15) is 18.4 Å². The van der Waals surface area contributed by atoms with Crippen LogP contribution in [0.25, 0.3) is 0 Å². The molecule has 1 aliphatic carbocycles. The Bertz CT molecular complexity index is 359. The van der Waals surface area contributed by atoms with E-state index in [9.17, 15) is 13.6 Å². The molecule has 1 aromatic rings. The predicted octanol–water partition coefficient (Wildman–Crippen LogP) is 2.62. The van der Waals surface area contributed by atoms with Crippen molar-refractivity contribution >= 4 is 5.78 Å². The van der Waals surface area contributed by atoms with Crippen molar-refractivity contribution in [3.8, 4) is 0 Å². The molecule has 0 N–H and O–H groups in total. The molecule has 2 atom stereocenters. The third-order valence-corrected chi connectivity index (χ3v) is 2.65. The minimum atomic E-state index is -2.84. The first kappa shape index (κ1) is 9.31. The second kappa shape index (κ2) is 2.87. The van der Waals surface area contributed by atoms with Crippen LogP contribution in [0.2, 0.25) is 0 Å². The highest BCUT2D eigenvalue weighted by atomic mass is 19.3. The molecule has 0 radical (unpaired) electrons. The normalized spacial score (nSPS) is 28.5. The molecule has 1 nitrogen and oxygen atoms in total. The Hall–Kier alpha value is -1.25. The van der Waals surface area contributed by atoms with Gasteiger partial charge in [0.25, 0.3) is 5.92 Å². The van der Waals surface area contributed by atoms with Crippen LogP contribution in [-0.4, -0.2) is 11.7 Å². The number of hydrogen-bond donors (Lipinski definition) is 0. The number of Topliss-reactive ketones (excluding diaryl/α,β-unsaturated/α-hetero) is 1. The standard InChI is InChI=1S/C11H10F2O/c1-7(14)9-10(11(9,12)13)8-5-3-2-4-6-8/h2-6,9-10H,1H3/t9-,10-/m0/s1. The zero-order chi connectivity index (χ0) is 10.3. The molecule has 2 rings (SSSR count). The molecule has 0 unspecified atom stereocenters. The molecular formula is C11H10F2O. The largest absolute Gasteiger partial charge is 0.299 e. The molecule has 0 saturated heterocycles. The number of halogens is 2. The van der Waals surface area contributed by atoms with Gasteiger partial charge in [0.1, 0.15) is 5.78 Å². The van der Waals surface area contributed by atoms with Gasteiger partial charge in [-0.05, 0) is 12.5 Å². The molecule has 74 valence electrons. The Balaban J connectivity index is 2.28. The number of hydrogen-bond acceptors (Lipinski definition) is 1. The van der Waals surface area contributed by atoms with Gasteiger partial charge >= 0.3 is 0 Å². The van der Waals surface area contributed by atoms with Gasteiger partial charge in [-0.15, -0.1) is 0 Å². The van der Waals surface area contributed by atoms with Gasteiger partial charge < -0.3 is 0 Å². The van der Waals surface area contributed by atoms with E-state index >= 15 is 0 Å². The first-order chi connectivity index (χ1) is 6.55. The average molecular weight is 196 g/mol. The van der Waals surface area contributed by atoms with E-state index in [4.69, 9.17) is 0 Å². The molecule has 1 aliphatic rings. The summed E-state index contributed by atoms with van der Waals surface area (Å²) >= 11 is 0. The van der Waals surface area contributed by atoms with Crippen LogP contribution >= 0.6 is 0 Å². The highest BCUT2D eigenvalue weighted by Crippen LogP contribution is 2.61.